The zero-order valence-electron chi connectivity index (χ0n) is 14.4. The average Bonchev–Trinajstić information content (AvgIpc) is 3.30. The van der Waals surface area contributed by atoms with Gasteiger partial charge in [-0.3, -0.25) is 4.99 Å². The first-order chi connectivity index (χ1) is 13.1. The summed E-state index contributed by atoms with van der Waals surface area (Å²) in [4.78, 5) is 28.1. The maximum atomic E-state index is 12.0. The molecule has 3 heterocycles. The van der Waals surface area contributed by atoms with Crippen molar-refractivity contribution in [3.63, 3.8) is 0 Å². The van der Waals surface area contributed by atoms with E-state index in [1.165, 1.54) is 0 Å². The average molecular weight is 368 g/mol. The molecule has 0 unspecified atom stereocenters. The Bertz CT molecular complexity index is 976. The number of fused-ring (bicyclic) bond motifs is 1. The molecule has 0 amide bonds. The number of ether oxygens (including phenoxy) is 2. The van der Waals surface area contributed by atoms with Gasteiger partial charge in [0.25, 0.3) is 0 Å². The molecular weight excluding hydrogens is 352 g/mol. The Morgan fingerprint density at radius 1 is 1.19 bits per heavy atom. The summed E-state index contributed by atoms with van der Waals surface area (Å²) in [6.07, 6.45) is 2.03. The standard InChI is InChI=1S/C18H16N4O5/c1-10-8-13(27-22-10)17-11(21-9-14-19-6-7-20-14)2-3-12-18(17)26-16(24)5-4-15(23)25-12/h2-5,8,21H,6-7,9H2,1H3,(H,19,20)/b5-4+. The highest BCUT2D eigenvalue weighted by Gasteiger charge is 2.25. The topological polar surface area (TPSA) is 115 Å². The molecule has 0 saturated carbocycles. The van der Waals surface area contributed by atoms with Crippen molar-refractivity contribution in [1.82, 2.24) is 10.5 Å². The lowest BCUT2D eigenvalue weighted by Crippen LogP contribution is -2.26. The molecule has 0 fully saturated rings. The molecule has 0 aliphatic carbocycles. The normalized spacial score (nSPS) is 17.0. The molecule has 1 aromatic carbocycles. The van der Waals surface area contributed by atoms with Crippen LogP contribution in [0.1, 0.15) is 5.69 Å². The summed E-state index contributed by atoms with van der Waals surface area (Å²) < 4.78 is 16.1. The highest BCUT2D eigenvalue weighted by Crippen LogP contribution is 2.44. The number of nitrogens with one attached hydrogen (secondary N) is 2. The predicted octanol–water partition coefficient (Wildman–Crippen LogP) is 1.44. The molecule has 4 rings (SSSR count). The van der Waals surface area contributed by atoms with Gasteiger partial charge in [-0.1, -0.05) is 5.16 Å². The molecule has 138 valence electrons. The third kappa shape index (κ3) is 3.52. The number of benzene rings is 1. The van der Waals surface area contributed by atoms with E-state index in [0.29, 0.717) is 29.2 Å². The van der Waals surface area contributed by atoms with Gasteiger partial charge in [0.2, 0.25) is 0 Å². The number of hydrogen-bond donors (Lipinski definition) is 2. The summed E-state index contributed by atoms with van der Waals surface area (Å²) >= 11 is 0. The van der Waals surface area contributed by atoms with Crippen molar-refractivity contribution in [3.8, 4) is 22.8 Å². The molecule has 1 aromatic heterocycles. The second-order valence-electron chi connectivity index (χ2n) is 5.93. The maximum Gasteiger partial charge on any atom is 0.336 e. The van der Waals surface area contributed by atoms with E-state index < -0.39 is 11.9 Å². The molecule has 0 saturated heterocycles. The third-order valence-electron chi connectivity index (χ3n) is 3.95. The summed E-state index contributed by atoms with van der Waals surface area (Å²) in [5.74, 6) is 0.0420. The third-order valence-corrected chi connectivity index (χ3v) is 3.95. The van der Waals surface area contributed by atoms with Gasteiger partial charge in [0.1, 0.15) is 5.84 Å². The summed E-state index contributed by atoms with van der Waals surface area (Å²) in [7, 11) is 0. The minimum absolute atomic E-state index is 0.0835. The van der Waals surface area contributed by atoms with Crippen LogP contribution in [0.15, 0.2) is 39.9 Å². The van der Waals surface area contributed by atoms with Gasteiger partial charge in [0.05, 0.1) is 24.3 Å². The summed E-state index contributed by atoms with van der Waals surface area (Å²) in [5, 5.41) is 10.3. The minimum Gasteiger partial charge on any atom is -0.419 e. The van der Waals surface area contributed by atoms with Gasteiger partial charge in [-0.2, -0.15) is 0 Å². The molecule has 2 aliphatic heterocycles. The Hall–Kier alpha value is -3.62. The van der Waals surface area contributed by atoms with Crippen molar-refractivity contribution in [3.05, 3.63) is 36.0 Å². The largest absolute Gasteiger partial charge is 0.419 e. The lowest BCUT2D eigenvalue weighted by atomic mass is 10.1. The predicted molar refractivity (Wildman–Crippen MR) is 95.9 cm³/mol. The molecular formula is C18H16N4O5. The maximum absolute atomic E-state index is 12.0. The smallest absolute Gasteiger partial charge is 0.336 e. The van der Waals surface area contributed by atoms with Crippen LogP contribution in [0.2, 0.25) is 0 Å². The molecule has 9 nitrogen and oxygen atoms in total. The Morgan fingerprint density at radius 3 is 2.70 bits per heavy atom. The van der Waals surface area contributed by atoms with E-state index in [4.69, 9.17) is 14.0 Å². The molecule has 0 radical (unpaired) electrons. The van der Waals surface area contributed by atoms with Crippen molar-refractivity contribution < 1.29 is 23.6 Å². The number of nitrogens with zero attached hydrogens (tertiary/aromatic N) is 2. The second-order valence-corrected chi connectivity index (χ2v) is 5.93. The number of esters is 2. The zero-order chi connectivity index (χ0) is 18.8. The number of carbonyl (C=O) groups excluding carboxylic acids is 2. The minimum atomic E-state index is -0.690. The van der Waals surface area contributed by atoms with Crippen LogP contribution in [0.3, 0.4) is 0 Å². The number of amidine groups is 1. The van der Waals surface area contributed by atoms with Crippen LogP contribution in [0.4, 0.5) is 5.69 Å². The summed E-state index contributed by atoms with van der Waals surface area (Å²) in [6.45, 7) is 3.76. The fourth-order valence-electron chi connectivity index (χ4n) is 2.78. The number of aromatic nitrogens is 1. The molecule has 2 aromatic rings. The van der Waals surface area contributed by atoms with E-state index >= 15 is 0 Å². The van der Waals surface area contributed by atoms with Crippen LogP contribution in [0.5, 0.6) is 11.5 Å². The van der Waals surface area contributed by atoms with Crippen molar-refractivity contribution in [1.29, 1.82) is 0 Å². The van der Waals surface area contributed by atoms with E-state index in [1.807, 2.05) is 0 Å². The van der Waals surface area contributed by atoms with E-state index in [9.17, 15) is 9.59 Å². The number of aryl methyl sites for hydroxylation is 1. The van der Waals surface area contributed by atoms with E-state index in [2.05, 4.69) is 20.8 Å². The first kappa shape index (κ1) is 16.8. The van der Waals surface area contributed by atoms with Crippen molar-refractivity contribution in [2.45, 2.75) is 6.92 Å². The number of hydrogen-bond acceptors (Lipinski definition) is 9. The number of aliphatic imine (C=N–C) groups is 1. The first-order valence-electron chi connectivity index (χ1n) is 8.33. The molecule has 2 N–H and O–H groups in total. The zero-order valence-corrected chi connectivity index (χ0v) is 14.4. The second kappa shape index (κ2) is 6.94. The van der Waals surface area contributed by atoms with Gasteiger partial charge in [0, 0.05) is 30.5 Å². The Morgan fingerprint density at radius 2 is 2.00 bits per heavy atom. The first-order valence-corrected chi connectivity index (χ1v) is 8.33. The lowest BCUT2D eigenvalue weighted by Gasteiger charge is -2.18. The van der Waals surface area contributed by atoms with Crippen molar-refractivity contribution in [2.75, 3.05) is 25.0 Å². The molecule has 9 heteroatoms. The van der Waals surface area contributed by atoms with Gasteiger partial charge in [-0.25, -0.2) is 9.59 Å². The van der Waals surface area contributed by atoms with Gasteiger partial charge in [0.15, 0.2) is 17.3 Å². The van der Waals surface area contributed by atoms with Crippen molar-refractivity contribution >= 4 is 23.5 Å². The van der Waals surface area contributed by atoms with Crippen LogP contribution >= 0.6 is 0 Å². The van der Waals surface area contributed by atoms with E-state index in [1.54, 1.807) is 25.1 Å². The molecule has 0 bridgehead atoms. The highest BCUT2D eigenvalue weighted by atomic mass is 16.6. The van der Waals surface area contributed by atoms with Gasteiger partial charge in [-0.05, 0) is 19.1 Å². The monoisotopic (exact) mass is 368 g/mol. The SMILES string of the molecule is Cc1cc(-c2c(NCC3=NCCN3)ccc3c2OC(=O)/C=C/C(=O)O3)on1. The fraction of sp³-hybridized carbons (Fsp3) is 0.222. The van der Waals surface area contributed by atoms with E-state index in [0.717, 1.165) is 31.1 Å². The highest BCUT2D eigenvalue weighted by molar-refractivity contribution is 5.98. The summed E-state index contributed by atoms with van der Waals surface area (Å²) in [6, 6.07) is 4.98. The van der Waals surface area contributed by atoms with Crippen LogP contribution < -0.4 is 20.1 Å². The quantitative estimate of drug-likeness (QED) is 0.615. The van der Waals surface area contributed by atoms with Crippen LogP contribution in [0.25, 0.3) is 11.3 Å². The van der Waals surface area contributed by atoms with E-state index in [-0.39, 0.29) is 11.5 Å². The van der Waals surface area contributed by atoms with Gasteiger partial charge >= 0.3 is 11.9 Å². The van der Waals surface area contributed by atoms with Crippen molar-refractivity contribution in [2.24, 2.45) is 4.99 Å². The molecule has 0 spiro atoms. The lowest BCUT2D eigenvalue weighted by molar-refractivity contribution is -0.133. The fourth-order valence-corrected chi connectivity index (χ4v) is 2.78. The van der Waals surface area contributed by atoms with Gasteiger partial charge < -0.3 is 24.6 Å². The Labute approximate surface area is 154 Å². The Kier molecular flexibility index (Phi) is 4.33. The molecule has 27 heavy (non-hydrogen) atoms. The van der Waals surface area contributed by atoms with Crippen LogP contribution in [0, 0.1) is 6.92 Å². The Balaban J connectivity index is 1.79. The van der Waals surface area contributed by atoms with Crippen LogP contribution in [-0.4, -0.2) is 42.6 Å². The summed E-state index contributed by atoms with van der Waals surface area (Å²) in [5.41, 5.74) is 1.71. The molecule has 0 atom stereocenters. The molecule has 2 aliphatic rings. The van der Waals surface area contributed by atoms with Gasteiger partial charge in [-0.15, -0.1) is 0 Å². The number of rotatable bonds is 4. The number of anilines is 1. The number of carbonyl (C=O) groups is 2. The van der Waals surface area contributed by atoms with Crippen LogP contribution in [-0.2, 0) is 9.59 Å².